The summed E-state index contributed by atoms with van der Waals surface area (Å²) in [7, 11) is 1.40. The molecule has 0 radical (unpaired) electrons. The molecule has 1 heterocycles. The number of aryl methyl sites for hydroxylation is 1. The fourth-order valence-corrected chi connectivity index (χ4v) is 2.15. The van der Waals surface area contributed by atoms with Crippen molar-refractivity contribution in [1.82, 2.24) is 15.0 Å². The molecule has 0 spiro atoms. The van der Waals surface area contributed by atoms with Crippen LogP contribution in [-0.4, -0.2) is 28.0 Å². The second kappa shape index (κ2) is 6.49. The Kier molecular flexibility index (Phi) is 4.24. The van der Waals surface area contributed by atoms with E-state index < -0.39 is 11.7 Å². The molecule has 0 aliphatic rings. The molecule has 0 unspecified atom stereocenters. The van der Waals surface area contributed by atoms with Gasteiger partial charge in [-0.25, -0.2) is 9.07 Å². The summed E-state index contributed by atoms with van der Waals surface area (Å²) in [6, 6.07) is 11.5. The highest BCUT2D eigenvalue weighted by Crippen LogP contribution is 2.25. The summed E-state index contributed by atoms with van der Waals surface area (Å²) in [6.45, 7) is 1.99. The first-order chi connectivity index (χ1) is 11.6. The molecule has 0 aliphatic heterocycles. The van der Waals surface area contributed by atoms with Crippen molar-refractivity contribution in [2.45, 2.75) is 6.92 Å². The van der Waals surface area contributed by atoms with Gasteiger partial charge in [-0.3, -0.25) is 4.79 Å². The summed E-state index contributed by atoms with van der Waals surface area (Å²) >= 11 is 0. The minimum Gasteiger partial charge on any atom is -0.494 e. The Morgan fingerprint density at radius 2 is 1.96 bits per heavy atom. The molecule has 7 heteroatoms. The van der Waals surface area contributed by atoms with E-state index in [9.17, 15) is 9.18 Å². The zero-order chi connectivity index (χ0) is 17.1. The van der Waals surface area contributed by atoms with Gasteiger partial charge in [0.1, 0.15) is 11.6 Å². The molecule has 0 aliphatic carbocycles. The van der Waals surface area contributed by atoms with Gasteiger partial charge in [-0.05, 0) is 31.2 Å². The molecule has 0 bridgehead atoms. The van der Waals surface area contributed by atoms with E-state index in [0.717, 1.165) is 11.3 Å². The van der Waals surface area contributed by atoms with Gasteiger partial charge in [-0.2, -0.15) is 0 Å². The van der Waals surface area contributed by atoms with E-state index in [1.165, 1.54) is 36.2 Å². The van der Waals surface area contributed by atoms with Gasteiger partial charge < -0.3 is 10.1 Å². The first kappa shape index (κ1) is 15.7. The van der Waals surface area contributed by atoms with Crippen molar-refractivity contribution < 1.29 is 13.9 Å². The maximum atomic E-state index is 13.2. The van der Waals surface area contributed by atoms with Crippen LogP contribution in [0.4, 0.5) is 10.1 Å². The van der Waals surface area contributed by atoms with Crippen LogP contribution in [0, 0.1) is 12.7 Å². The molecular formula is C17H15FN4O2. The van der Waals surface area contributed by atoms with E-state index in [4.69, 9.17) is 4.74 Å². The van der Waals surface area contributed by atoms with Crippen LogP contribution in [0.25, 0.3) is 5.69 Å². The molecule has 24 heavy (non-hydrogen) atoms. The first-order valence-electron chi connectivity index (χ1n) is 7.21. The van der Waals surface area contributed by atoms with Crippen LogP contribution in [-0.2, 0) is 0 Å². The highest BCUT2D eigenvalue weighted by Gasteiger charge is 2.14. The predicted molar refractivity (Wildman–Crippen MR) is 87.0 cm³/mol. The molecule has 6 nitrogen and oxygen atoms in total. The van der Waals surface area contributed by atoms with Gasteiger partial charge in [-0.1, -0.05) is 22.9 Å². The number of aromatic nitrogens is 3. The van der Waals surface area contributed by atoms with Crippen molar-refractivity contribution >= 4 is 11.6 Å². The molecule has 1 N–H and O–H groups in total. The molecule has 3 rings (SSSR count). The summed E-state index contributed by atoms with van der Waals surface area (Å²) in [6.07, 6.45) is 1.52. The Labute approximate surface area is 137 Å². The first-order valence-corrected chi connectivity index (χ1v) is 7.21. The van der Waals surface area contributed by atoms with Crippen LogP contribution in [0.3, 0.4) is 0 Å². The third-order valence-electron chi connectivity index (χ3n) is 3.44. The second-order valence-corrected chi connectivity index (χ2v) is 5.18. The summed E-state index contributed by atoms with van der Waals surface area (Å²) in [4.78, 5) is 12.3. The van der Waals surface area contributed by atoms with E-state index in [1.807, 2.05) is 31.2 Å². The molecule has 0 saturated carbocycles. The number of rotatable bonds is 4. The quantitative estimate of drug-likeness (QED) is 0.800. The van der Waals surface area contributed by atoms with Crippen LogP contribution in [0.2, 0.25) is 0 Å². The van der Waals surface area contributed by atoms with Gasteiger partial charge in [0.2, 0.25) is 0 Å². The zero-order valence-electron chi connectivity index (χ0n) is 13.2. The number of carbonyl (C=O) groups excluding carboxylic acids is 1. The van der Waals surface area contributed by atoms with Gasteiger partial charge >= 0.3 is 0 Å². The molecular weight excluding hydrogens is 311 g/mol. The van der Waals surface area contributed by atoms with E-state index in [2.05, 4.69) is 15.6 Å². The van der Waals surface area contributed by atoms with Gasteiger partial charge in [0.25, 0.3) is 5.91 Å². The Balaban J connectivity index is 1.80. The lowest BCUT2D eigenvalue weighted by atomic mass is 10.2. The number of hydrogen-bond acceptors (Lipinski definition) is 4. The summed E-state index contributed by atoms with van der Waals surface area (Å²) in [5.41, 5.74) is 2.42. The van der Waals surface area contributed by atoms with Gasteiger partial charge in [0, 0.05) is 6.07 Å². The lowest BCUT2D eigenvalue weighted by Gasteiger charge is -2.08. The van der Waals surface area contributed by atoms with Crippen LogP contribution >= 0.6 is 0 Å². The predicted octanol–water partition coefficient (Wildman–Crippen LogP) is 2.98. The molecule has 1 aromatic heterocycles. The summed E-state index contributed by atoms with van der Waals surface area (Å²) < 4.78 is 19.8. The van der Waals surface area contributed by atoms with Crippen LogP contribution in [0.15, 0.2) is 48.7 Å². The Bertz CT molecular complexity index is 875. The molecule has 2 aromatic carbocycles. The number of carbonyl (C=O) groups is 1. The molecule has 0 atom stereocenters. The number of anilines is 1. The van der Waals surface area contributed by atoms with Crippen molar-refractivity contribution in [3.8, 4) is 11.4 Å². The maximum absolute atomic E-state index is 13.2. The van der Waals surface area contributed by atoms with Gasteiger partial charge in [-0.15, -0.1) is 5.10 Å². The van der Waals surface area contributed by atoms with Gasteiger partial charge in [0.15, 0.2) is 5.69 Å². The minimum absolute atomic E-state index is 0.141. The van der Waals surface area contributed by atoms with Crippen molar-refractivity contribution in [2.24, 2.45) is 0 Å². The second-order valence-electron chi connectivity index (χ2n) is 5.18. The topological polar surface area (TPSA) is 69.0 Å². The smallest absolute Gasteiger partial charge is 0.277 e. The van der Waals surface area contributed by atoms with Crippen molar-refractivity contribution in [3.05, 3.63) is 65.7 Å². The number of methoxy groups -OCH3 is 1. The Morgan fingerprint density at radius 1 is 1.21 bits per heavy atom. The van der Waals surface area contributed by atoms with Crippen LogP contribution < -0.4 is 10.1 Å². The number of nitrogens with one attached hydrogen (secondary N) is 1. The largest absolute Gasteiger partial charge is 0.494 e. The summed E-state index contributed by atoms with van der Waals surface area (Å²) in [5.74, 6) is -0.678. The van der Waals surface area contributed by atoms with Crippen LogP contribution in [0.5, 0.6) is 5.75 Å². The number of benzene rings is 2. The lowest BCUT2D eigenvalue weighted by molar-refractivity contribution is 0.102. The number of nitrogens with zero attached hydrogens (tertiary/aromatic N) is 3. The van der Waals surface area contributed by atoms with Gasteiger partial charge in [0.05, 0.1) is 24.7 Å². The lowest BCUT2D eigenvalue weighted by Crippen LogP contribution is -2.13. The third kappa shape index (κ3) is 3.24. The highest BCUT2D eigenvalue weighted by atomic mass is 19.1. The molecule has 122 valence electrons. The number of amides is 1. The van der Waals surface area contributed by atoms with Crippen molar-refractivity contribution in [2.75, 3.05) is 12.4 Å². The SMILES string of the molecule is COc1cc(F)ccc1NC(=O)c1cn(-c2ccc(C)cc2)nn1. The number of hydrogen-bond donors (Lipinski definition) is 1. The van der Waals surface area contributed by atoms with E-state index in [1.54, 1.807) is 0 Å². The average molecular weight is 326 g/mol. The monoisotopic (exact) mass is 326 g/mol. The molecule has 1 amide bonds. The summed E-state index contributed by atoms with van der Waals surface area (Å²) in [5, 5.41) is 10.5. The Morgan fingerprint density at radius 3 is 2.67 bits per heavy atom. The fourth-order valence-electron chi connectivity index (χ4n) is 2.15. The van der Waals surface area contributed by atoms with Crippen molar-refractivity contribution in [3.63, 3.8) is 0 Å². The minimum atomic E-state index is -0.460. The maximum Gasteiger partial charge on any atom is 0.277 e. The zero-order valence-corrected chi connectivity index (χ0v) is 13.2. The molecule has 3 aromatic rings. The van der Waals surface area contributed by atoms with E-state index in [0.29, 0.717) is 5.69 Å². The van der Waals surface area contributed by atoms with Crippen LogP contribution in [0.1, 0.15) is 16.1 Å². The fraction of sp³-hybridized carbons (Fsp3) is 0.118. The van der Waals surface area contributed by atoms with E-state index in [-0.39, 0.29) is 11.4 Å². The highest BCUT2D eigenvalue weighted by molar-refractivity contribution is 6.03. The van der Waals surface area contributed by atoms with E-state index >= 15 is 0 Å². The molecule has 0 saturated heterocycles. The number of ether oxygens (including phenoxy) is 1. The normalized spacial score (nSPS) is 10.5. The molecule has 0 fully saturated rings. The van der Waals surface area contributed by atoms with Crippen molar-refractivity contribution in [1.29, 1.82) is 0 Å². The third-order valence-corrected chi connectivity index (χ3v) is 3.44. The Hall–Kier alpha value is -3.22. The number of halogens is 1. The average Bonchev–Trinajstić information content (AvgIpc) is 3.07. The standard InChI is InChI=1S/C17H15FN4O2/c1-11-3-6-13(7-4-11)22-10-15(20-21-22)17(23)19-14-8-5-12(18)9-16(14)24-2/h3-10H,1-2H3,(H,19,23).